The van der Waals surface area contributed by atoms with Gasteiger partial charge in [0, 0.05) is 11.8 Å². The second-order valence-electron chi connectivity index (χ2n) is 5.62. The van der Waals surface area contributed by atoms with E-state index in [4.69, 9.17) is 15.9 Å². The lowest BCUT2D eigenvalue weighted by Crippen LogP contribution is -1.94. The van der Waals surface area contributed by atoms with Gasteiger partial charge in [0.25, 0.3) is 0 Å². The summed E-state index contributed by atoms with van der Waals surface area (Å²) in [7, 11) is 1.63. The first kappa shape index (κ1) is 19.5. The Morgan fingerprint density at radius 2 is 1.79 bits per heavy atom. The van der Waals surface area contributed by atoms with Gasteiger partial charge in [0.2, 0.25) is 0 Å². The maximum absolute atomic E-state index is 5.86. The van der Waals surface area contributed by atoms with Gasteiger partial charge in [0.15, 0.2) is 5.82 Å². The molecule has 0 atom stereocenters. The molecule has 0 fully saturated rings. The van der Waals surface area contributed by atoms with Crippen molar-refractivity contribution in [3.8, 4) is 29.6 Å². The number of methoxy groups -OCH3 is 1. The van der Waals surface area contributed by atoms with E-state index in [1.165, 1.54) is 17.7 Å². The number of anilines is 2. The minimum atomic E-state index is 0. The number of nitrogens with zero attached hydrogens (tertiary/aromatic N) is 2. The number of hydrogen-bond donors (Lipinski definition) is 1. The molecule has 2 aromatic carbocycles. The summed E-state index contributed by atoms with van der Waals surface area (Å²) >= 11 is 1.49. The molecular weight excluding hydrogens is 394 g/mol. The molecule has 0 amide bonds. The molecule has 2 heterocycles. The zero-order valence-electron chi connectivity index (χ0n) is 14.9. The highest BCUT2D eigenvalue weighted by Gasteiger charge is 2.08. The van der Waals surface area contributed by atoms with E-state index in [0.29, 0.717) is 5.75 Å². The van der Waals surface area contributed by atoms with Crippen LogP contribution in [0.4, 0.5) is 11.5 Å². The topological polar surface area (TPSA) is 56.3 Å². The molecule has 4 rings (SSSR count). The minimum Gasteiger partial charge on any atom is -0.497 e. The summed E-state index contributed by atoms with van der Waals surface area (Å²) in [5.74, 6) is 5.57. The van der Waals surface area contributed by atoms with Crippen LogP contribution in [0, 0.1) is 12.3 Å². The number of aromatic nitrogens is 2. The number of benzene rings is 2. The van der Waals surface area contributed by atoms with Gasteiger partial charge in [0.05, 0.1) is 22.2 Å². The summed E-state index contributed by atoms with van der Waals surface area (Å²) < 4.78 is 12.0. The summed E-state index contributed by atoms with van der Waals surface area (Å²) in [6.07, 6.45) is 7.01. The lowest BCUT2D eigenvalue weighted by Gasteiger charge is -2.09. The van der Waals surface area contributed by atoms with Gasteiger partial charge in [-0.2, -0.15) is 0 Å². The van der Waals surface area contributed by atoms with E-state index in [2.05, 4.69) is 21.2 Å². The number of halogens is 1. The van der Waals surface area contributed by atoms with Gasteiger partial charge in [-0.25, -0.2) is 9.97 Å². The fraction of sp³-hybridized carbons (Fsp3) is 0.0476. The highest BCUT2D eigenvalue weighted by molar-refractivity contribution is 7.20. The van der Waals surface area contributed by atoms with E-state index < -0.39 is 0 Å². The second kappa shape index (κ2) is 8.61. The lowest BCUT2D eigenvalue weighted by atomic mass is 10.3. The van der Waals surface area contributed by atoms with Crippen LogP contribution in [0.5, 0.6) is 17.2 Å². The minimum absolute atomic E-state index is 0. The van der Waals surface area contributed by atoms with Crippen LogP contribution in [-0.4, -0.2) is 17.1 Å². The molecule has 1 N–H and O–H groups in total. The van der Waals surface area contributed by atoms with Crippen molar-refractivity contribution in [2.24, 2.45) is 0 Å². The summed E-state index contributed by atoms with van der Waals surface area (Å²) in [5, 5.41) is 3.31. The number of nitrogens with one attached hydrogen (secondary N) is 1. The van der Waals surface area contributed by atoms with Crippen molar-refractivity contribution in [1.82, 2.24) is 9.97 Å². The van der Waals surface area contributed by atoms with Crippen LogP contribution in [0.1, 0.15) is 4.88 Å². The van der Waals surface area contributed by atoms with Crippen molar-refractivity contribution in [3.63, 3.8) is 0 Å². The zero-order chi connectivity index (χ0) is 18.6. The van der Waals surface area contributed by atoms with Crippen molar-refractivity contribution in [1.29, 1.82) is 0 Å². The van der Waals surface area contributed by atoms with E-state index in [1.807, 2.05) is 54.6 Å². The summed E-state index contributed by atoms with van der Waals surface area (Å²) in [4.78, 5) is 9.42. The number of terminal acetylenes is 1. The Hall–Kier alpha value is -3.27. The van der Waals surface area contributed by atoms with Crippen molar-refractivity contribution in [3.05, 3.63) is 65.8 Å². The van der Waals surface area contributed by atoms with Crippen LogP contribution in [0.3, 0.4) is 0 Å². The highest BCUT2D eigenvalue weighted by Crippen LogP contribution is 2.31. The van der Waals surface area contributed by atoms with Crippen LogP contribution >= 0.6 is 23.7 Å². The van der Waals surface area contributed by atoms with Gasteiger partial charge < -0.3 is 14.8 Å². The summed E-state index contributed by atoms with van der Waals surface area (Å²) in [5.41, 5.74) is 1.73. The second-order valence-corrected chi connectivity index (χ2v) is 6.67. The maximum atomic E-state index is 5.86. The molecule has 28 heavy (non-hydrogen) atoms. The summed E-state index contributed by atoms with van der Waals surface area (Å²) in [6.45, 7) is 0. The molecule has 0 unspecified atom stereocenters. The molecule has 0 saturated heterocycles. The number of ether oxygens (including phenoxy) is 2. The molecule has 0 aliphatic rings. The largest absolute Gasteiger partial charge is 0.497 e. The highest BCUT2D eigenvalue weighted by atomic mass is 35.5. The third-order valence-electron chi connectivity index (χ3n) is 3.85. The van der Waals surface area contributed by atoms with Crippen molar-refractivity contribution < 1.29 is 9.47 Å². The smallest absolute Gasteiger partial charge is 0.151 e. The Balaban J connectivity index is 0.00000225. The van der Waals surface area contributed by atoms with E-state index in [0.717, 1.165) is 38.1 Å². The van der Waals surface area contributed by atoms with Gasteiger partial charge >= 0.3 is 0 Å². The molecule has 0 aliphatic carbocycles. The van der Waals surface area contributed by atoms with Crippen LogP contribution in [0.25, 0.3) is 10.2 Å². The first-order valence-electron chi connectivity index (χ1n) is 8.15. The lowest BCUT2D eigenvalue weighted by molar-refractivity contribution is 0.409. The normalized spacial score (nSPS) is 10.0. The molecular formula is C21H16ClN3O2S. The molecule has 2 aromatic heterocycles. The number of hydrogen-bond acceptors (Lipinski definition) is 6. The molecule has 4 aromatic rings. The number of fused-ring (bicyclic) bond motifs is 1. The van der Waals surface area contributed by atoms with Gasteiger partial charge in [-0.05, 0) is 42.5 Å². The first-order valence-corrected chi connectivity index (χ1v) is 8.97. The van der Waals surface area contributed by atoms with Crippen LogP contribution in [0.2, 0.25) is 0 Å². The molecule has 140 valence electrons. The molecule has 7 heteroatoms. The monoisotopic (exact) mass is 409 g/mol. The van der Waals surface area contributed by atoms with Crippen molar-refractivity contribution in [2.45, 2.75) is 0 Å². The van der Waals surface area contributed by atoms with E-state index in [9.17, 15) is 0 Å². The fourth-order valence-corrected chi connectivity index (χ4v) is 3.42. The van der Waals surface area contributed by atoms with Gasteiger partial charge in [-0.3, -0.25) is 0 Å². The SMILES string of the molecule is C#Cc1cc2ncnc(Nc3ccc(Oc4cccc(OC)c4)cc3)c2s1.Cl. The van der Waals surface area contributed by atoms with E-state index >= 15 is 0 Å². The molecule has 0 spiro atoms. The van der Waals surface area contributed by atoms with Crippen LogP contribution in [0.15, 0.2) is 60.9 Å². The quantitative estimate of drug-likeness (QED) is 0.432. The average molecular weight is 410 g/mol. The standard InChI is InChI=1S/C21H15N3O2S.ClH/c1-3-18-12-19-20(27-18)21(23-13-22-19)24-14-7-9-15(10-8-14)26-17-6-4-5-16(11-17)25-2;/h1,4-13H,2H3,(H,22,23,24);1H. The molecule has 0 radical (unpaired) electrons. The van der Waals surface area contributed by atoms with E-state index in [1.54, 1.807) is 7.11 Å². The number of thiophene rings is 1. The zero-order valence-corrected chi connectivity index (χ0v) is 16.5. The fourth-order valence-electron chi connectivity index (χ4n) is 2.56. The van der Waals surface area contributed by atoms with Crippen molar-refractivity contribution >= 4 is 45.5 Å². The Morgan fingerprint density at radius 3 is 2.54 bits per heavy atom. The first-order chi connectivity index (χ1) is 13.2. The Kier molecular flexibility index (Phi) is 5.99. The predicted molar refractivity (Wildman–Crippen MR) is 115 cm³/mol. The molecule has 5 nitrogen and oxygen atoms in total. The molecule has 0 bridgehead atoms. The van der Waals surface area contributed by atoms with Crippen LogP contribution < -0.4 is 14.8 Å². The number of rotatable bonds is 5. The van der Waals surface area contributed by atoms with Crippen LogP contribution in [-0.2, 0) is 0 Å². The third-order valence-corrected chi connectivity index (χ3v) is 4.91. The Bertz CT molecular complexity index is 1140. The van der Waals surface area contributed by atoms with E-state index in [-0.39, 0.29) is 12.4 Å². The average Bonchev–Trinajstić information content (AvgIpc) is 3.14. The Labute approximate surface area is 172 Å². The Morgan fingerprint density at radius 1 is 1.00 bits per heavy atom. The maximum Gasteiger partial charge on any atom is 0.151 e. The van der Waals surface area contributed by atoms with Gasteiger partial charge in [-0.1, -0.05) is 12.0 Å². The predicted octanol–water partition coefficient (Wildman–Crippen LogP) is 5.64. The molecule has 0 saturated carbocycles. The third kappa shape index (κ3) is 4.17. The van der Waals surface area contributed by atoms with Gasteiger partial charge in [0.1, 0.15) is 23.6 Å². The summed E-state index contributed by atoms with van der Waals surface area (Å²) in [6, 6.07) is 17.0. The molecule has 0 aliphatic heterocycles. The van der Waals surface area contributed by atoms with Gasteiger partial charge in [-0.15, -0.1) is 30.2 Å². The van der Waals surface area contributed by atoms with Crippen molar-refractivity contribution in [2.75, 3.05) is 12.4 Å².